The number of fused-ring (bicyclic) bond motifs is 1. The van der Waals surface area contributed by atoms with Gasteiger partial charge < -0.3 is 9.64 Å². The first-order chi connectivity index (χ1) is 16.3. The first kappa shape index (κ1) is 23.0. The van der Waals surface area contributed by atoms with E-state index in [1.165, 1.54) is 0 Å². The fraction of sp³-hybridized carbons (Fsp3) is 0.250. The standard InChI is InChI=1S/C24H23Cl2N5O2S/c1-15(23-20(25)13-28-14-21(23)26)33-18-6-7-22-19(12-18)24(30-29-22)16-2-4-17(5-3-16)31-8-10-34(27,32)11-9-31/h2-7,12-15,27H,8-11H2,1H3,(H,29,30)/t15-/m0/s1. The maximum absolute atomic E-state index is 11.9. The number of ether oxygens (including phenoxy) is 1. The van der Waals surface area contributed by atoms with Crippen molar-refractivity contribution in [2.45, 2.75) is 13.0 Å². The molecule has 7 nitrogen and oxygen atoms in total. The number of aromatic amines is 1. The van der Waals surface area contributed by atoms with E-state index in [1.54, 1.807) is 12.4 Å². The average Bonchev–Trinajstić information content (AvgIpc) is 3.22. The number of nitrogens with one attached hydrogen (secondary N) is 2. The van der Waals surface area contributed by atoms with Crippen LogP contribution >= 0.6 is 23.2 Å². The number of hydrogen-bond acceptors (Lipinski definition) is 6. The SMILES string of the molecule is C[C@H](Oc1ccc2[nH]nc(-c3ccc(N4CCS(=N)(=O)CC4)cc3)c2c1)c1c(Cl)cncc1Cl. The molecule has 10 heteroatoms. The maximum Gasteiger partial charge on any atom is 0.124 e. The van der Waals surface area contributed by atoms with Crippen molar-refractivity contribution in [1.82, 2.24) is 15.2 Å². The molecular formula is C24H23Cl2N5O2S. The van der Waals surface area contributed by atoms with Crippen molar-refractivity contribution in [3.8, 4) is 17.0 Å². The van der Waals surface area contributed by atoms with Gasteiger partial charge in [-0.2, -0.15) is 5.10 Å². The van der Waals surface area contributed by atoms with Crippen molar-refractivity contribution in [1.29, 1.82) is 4.78 Å². The van der Waals surface area contributed by atoms with Crippen LogP contribution in [0.15, 0.2) is 54.9 Å². The van der Waals surface area contributed by atoms with Gasteiger partial charge in [0.1, 0.15) is 17.5 Å². The van der Waals surface area contributed by atoms with Gasteiger partial charge in [0.05, 0.1) is 15.6 Å². The van der Waals surface area contributed by atoms with Crippen molar-refractivity contribution in [2.24, 2.45) is 0 Å². The van der Waals surface area contributed by atoms with Gasteiger partial charge in [0, 0.05) is 68.9 Å². The largest absolute Gasteiger partial charge is 0.486 e. The van der Waals surface area contributed by atoms with Crippen LogP contribution in [0.1, 0.15) is 18.6 Å². The Kier molecular flexibility index (Phi) is 6.14. The van der Waals surface area contributed by atoms with E-state index < -0.39 is 9.73 Å². The van der Waals surface area contributed by atoms with E-state index in [0.717, 1.165) is 27.8 Å². The van der Waals surface area contributed by atoms with Crippen LogP contribution in [0.5, 0.6) is 5.75 Å². The smallest absolute Gasteiger partial charge is 0.124 e. The molecule has 1 atom stereocenters. The molecule has 0 radical (unpaired) electrons. The van der Waals surface area contributed by atoms with E-state index in [9.17, 15) is 4.21 Å². The number of benzene rings is 2. The molecule has 1 aliphatic heterocycles. The van der Waals surface area contributed by atoms with E-state index in [4.69, 9.17) is 32.7 Å². The Morgan fingerprint density at radius 3 is 2.44 bits per heavy atom. The van der Waals surface area contributed by atoms with Gasteiger partial charge in [0.25, 0.3) is 0 Å². The summed E-state index contributed by atoms with van der Waals surface area (Å²) in [5, 5.41) is 9.48. The molecule has 0 amide bonds. The number of anilines is 1. The molecule has 34 heavy (non-hydrogen) atoms. The minimum atomic E-state index is -2.41. The fourth-order valence-corrected chi connectivity index (χ4v) is 6.08. The lowest BCUT2D eigenvalue weighted by molar-refractivity contribution is 0.227. The van der Waals surface area contributed by atoms with Crippen molar-refractivity contribution in [3.05, 3.63) is 70.5 Å². The van der Waals surface area contributed by atoms with Crippen molar-refractivity contribution in [2.75, 3.05) is 29.5 Å². The zero-order valence-electron chi connectivity index (χ0n) is 18.4. The van der Waals surface area contributed by atoms with Gasteiger partial charge in [0.2, 0.25) is 0 Å². The number of hydrogen-bond donors (Lipinski definition) is 2. The number of pyridine rings is 1. The zero-order valence-corrected chi connectivity index (χ0v) is 20.8. The summed E-state index contributed by atoms with van der Waals surface area (Å²) in [4.78, 5) is 6.17. The number of rotatable bonds is 5. The minimum absolute atomic E-state index is 0.363. The predicted octanol–water partition coefficient (Wildman–Crippen LogP) is 5.94. The molecule has 4 aromatic rings. The molecule has 2 aromatic heterocycles. The summed E-state index contributed by atoms with van der Waals surface area (Å²) in [5.41, 5.74) is 4.46. The van der Waals surface area contributed by atoms with Crippen molar-refractivity contribution < 1.29 is 8.95 Å². The lowest BCUT2D eigenvalue weighted by atomic mass is 10.1. The van der Waals surface area contributed by atoms with Gasteiger partial charge in [-0.25, -0.2) is 4.21 Å². The van der Waals surface area contributed by atoms with E-state index in [-0.39, 0.29) is 6.10 Å². The third-order valence-corrected chi connectivity index (χ3v) is 8.32. The third-order valence-electron chi connectivity index (χ3n) is 6.03. The second-order valence-electron chi connectivity index (χ2n) is 8.31. The zero-order chi connectivity index (χ0) is 23.9. The fourth-order valence-electron chi connectivity index (χ4n) is 4.18. The maximum atomic E-state index is 11.9. The normalized spacial score (nSPS) is 16.5. The molecule has 1 fully saturated rings. The Morgan fingerprint density at radius 2 is 1.76 bits per heavy atom. The number of nitrogens with zero attached hydrogens (tertiary/aromatic N) is 3. The Balaban J connectivity index is 1.39. The summed E-state index contributed by atoms with van der Waals surface area (Å²) in [7, 11) is -2.41. The van der Waals surface area contributed by atoms with Gasteiger partial charge in [-0.3, -0.25) is 14.9 Å². The molecule has 2 N–H and O–H groups in total. The first-order valence-electron chi connectivity index (χ1n) is 10.8. The second kappa shape index (κ2) is 9.09. The molecule has 0 bridgehead atoms. The number of aromatic nitrogens is 3. The Hall–Kier alpha value is -2.81. The third kappa shape index (κ3) is 4.58. The summed E-state index contributed by atoms with van der Waals surface area (Å²) in [5.74, 6) is 1.50. The van der Waals surface area contributed by atoms with Crippen LogP contribution in [0.25, 0.3) is 22.2 Å². The van der Waals surface area contributed by atoms with Gasteiger partial charge >= 0.3 is 0 Å². The highest BCUT2D eigenvalue weighted by molar-refractivity contribution is 7.92. The lowest BCUT2D eigenvalue weighted by Crippen LogP contribution is -2.39. The molecular weight excluding hydrogens is 493 g/mol. The molecule has 0 unspecified atom stereocenters. The molecule has 3 heterocycles. The Labute approximate surface area is 208 Å². The molecule has 5 rings (SSSR count). The number of halogens is 2. The quantitative estimate of drug-likeness (QED) is 0.343. The van der Waals surface area contributed by atoms with Crippen LogP contribution in [0.3, 0.4) is 0 Å². The van der Waals surface area contributed by atoms with Crippen LogP contribution in [0.2, 0.25) is 10.0 Å². The molecule has 2 aromatic carbocycles. The van der Waals surface area contributed by atoms with Gasteiger partial charge in [-0.1, -0.05) is 35.3 Å². The van der Waals surface area contributed by atoms with Crippen LogP contribution in [0, 0.1) is 4.78 Å². The van der Waals surface area contributed by atoms with Gasteiger partial charge in [0.15, 0.2) is 0 Å². The summed E-state index contributed by atoms with van der Waals surface area (Å²) in [6.45, 7) is 3.17. The van der Waals surface area contributed by atoms with Crippen LogP contribution in [0.4, 0.5) is 5.69 Å². The average molecular weight is 516 g/mol. The highest BCUT2D eigenvalue weighted by Crippen LogP contribution is 2.35. The molecule has 176 valence electrons. The summed E-state index contributed by atoms with van der Waals surface area (Å²) >= 11 is 12.6. The minimum Gasteiger partial charge on any atom is -0.486 e. The Bertz CT molecular complexity index is 1420. The van der Waals surface area contributed by atoms with E-state index in [2.05, 4.69) is 20.1 Å². The first-order valence-corrected chi connectivity index (χ1v) is 13.5. The molecule has 1 aliphatic rings. The summed E-state index contributed by atoms with van der Waals surface area (Å²) in [6, 6.07) is 13.9. The Morgan fingerprint density at radius 1 is 1.09 bits per heavy atom. The molecule has 0 saturated carbocycles. The summed E-state index contributed by atoms with van der Waals surface area (Å²) in [6.07, 6.45) is 2.75. The van der Waals surface area contributed by atoms with Crippen LogP contribution in [-0.2, 0) is 9.73 Å². The van der Waals surface area contributed by atoms with Gasteiger partial charge in [-0.05, 0) is 37.3 Å². The predicted molar refractivity (Wildman–Crippen MR) is 138 cm³/mol. The van der Waals surface area contributed by atoms with E-state index in [1.807, 2.05) is 49.4 Å². The van der Waals surface area contributed by atoms with Crippen LogP contribution in [-0.4, -0.2) is 44.0 Å². The van der Waals surface area contributed by atoms with Crippen LogP contribution < -0.4 is 9.64 Å². The topological polar surface area (TPSA) is 95.0 Å². The highest BCUT2D eigenvalue weighted by Gasteiger charge is 2.20. The molecule has 0 spiro atoms. The van der Waals surface area contributed by atoms with E-state index in [0.29, 0.717) is 46.0 Å². The monoisotopic (exact) mass is 515 g/mol. The van der Waals surface area contributed by atoms with Crippen molar-refractivity contribution >= 4 is 49.5 Å². The lowest BCUT2D eigenvalue weighted by Gasteiger charge is -2.30. The van der Waals surface area contributed by atoms with E-state index >= 15 is 0 Å². The highest BCUT2D eigenvalue weighted by atomic mass is 35.5. The summed E-state index contributed by atoms with van der Waals surface area (Å²) < 4.78 is 25.9. The molecule has 0 aliphatic carbocycles. The molecule has 1 saturated heterocycles. The number of H-pyrrole nitrogens is 1. The van der Waals surface area contributed by atoms with Gasteiger partial charge in [-0.15, -0.1) is 0 Å². The van der Waals surface area contributed by atoms with Crippen molar-refractivity contribution in [3.63, 3.8) is 0 Å². The second-order valence-corrected chi connectivity index (χ2v) is 11.6.